The number of ether oxygens (including phenoxy) is 3. The van der Waals surface area contributed by atoms with E-state index in [1.54, 1.807) is 12.1 Å². The Morgan fingerprint density at radius 2 is 1.97 bits per heavy atom. The second-order valence-electron chi connectivity index (χ2n) is 8.89. The third kappa shape index (κ3) is 4.33. The first-order valence-electron chi connectivity index (χ1n) is 11.3. The minimum atomic E-state index is -3.84. The minimum absolute atomic E-state index is 0.0313. The van der Waals surface area contributed by atoms with Crippen molar-refractivity contribution in [2.24, 2.45) is 0 Å². The van der Waals surface area contributed by atoms with Crippen LogP contribution in [0, 0.1) is 6.92 Å². The number of hydrogen-bond donors (Lipinski definition) is 1. The highest BCUT2D eigenvalue weighted by Crippen LogP contribution is 2.47. The summed E-state index contributed by atoms with van der Waals surface area (Å²) in [4.78, 5) is 7.86. The van der Waals surface area contributed by atoms with Gasteiger partial charge in [-0.2, -0.15) is 0 Å². The summed E-state index contributed by atoms with van der Waals surface area (Å²) in [6.07, 6.45) is 4.41. The lowest BCUT2D eigenvalue weighted by molar-refractivity contribution is 0.139. The summed E-state index contributed by atoms with van der Waals surface area (Å²) in [6.45, 7) is 5.96. The summed E-state index contributed by atoms with van der Waals surface area (Å²) in [7, 11) is -3.84. The molecule has 3 heterocycles. The summed E-state index contributed by atoms with van der Waals surface area (Å²) >= 11 is 0. The average Bonchev–Trinajstić information content (AvgIpc) is 3.32. The van der Waals surface area contributed by atoms with Crippen molar-refractivity contribution in [1.29, 1.82) is 0 Å². The van der Waals surface area contributed by atoms with Crippen LogP contribution >= 0.6 is 0 Å². The van der Waals surface area contributed by atoms with Gasteiger partial charge in [0.05, 0.1) is 24.7 Å². The van der Waals surface area contributed by atoms with E-state index in [0.717, 1.165) is 35.3 Å². The number of fused-ring (bicyclic) bond motifs is 1. The molecule has 0 saturated carbocycles. The Morgan fingerprint density at radius 3 is 2.74 bits per heavy atom. The summed E-state index contributed by atoms with van der Waals surface area (Å²) in [5.41, 5.74) is 2.70. The molecule has 5 rings (SSSR count). The normalized spacial score (nSPS) is 22.0. The topological polar surface area (TPSA) is 99.6 Å². The Morgan fingerprint density at radius 1 is 1.12 bits per heavy atom. The fourth-order valence-corrected chi connectivity index (χ4v) is 5.56. The molecule has 1 fully saturated rings. The van der Waals surface area contributed by atoms with Crippen LogP contribution in [0.4, 0.5) is 5.82 Å². The number of nitrogens with one attached hydrogen (secondary N) is 1. The van der Waals surface area contributed by atoms with Gasteiger partial charge in [0.25, 0.3) is 10.0 Å². The standard InChI is InChI=1S/C25H27N3O5S/c1-17-3-5-21(23(13-17)33-18-8-11-31-15-18)25(2)9-12-32-22-14-19(4-6-20(22)25)34(29,30)28-24-7-10-26-16-27-24/h3-7,10,13-14,16,18H,8-9,11-12,15H2,1-2H3,(H,26,27,28)/t18-,25+/m0/s1. The number of aromatic nitrogens is 2. The molecule has 2 atom stereocenters. The summed E-state index contributed by atoms with van der Waals surface area (Å²) in [6, 6.07) is 12.8. The molecule has 3 aromatic rings. The third-order valence-electron chi connectivity index (χ3n) is 6.45. The number of benzene rings is 2. The molecular weight excluding hydrogens is 454 g/mol. The minimum Gasteiger partial charge on any atom is -0.493 e. The molecule has 0 bridgehead atoms. The van der Waals surface area contributed by atoms with Gasteiger partial charge < -0.3 is 14.2 Å². The van der Waals surface area contributed by atoms with Crippen LogP contribution in [-0.4, -0.2) is 44.3 Å². The molecule has 0 spiro atoms. The van der Waals surface area contributed by atoms with Gasteiger partial charge in [0, 0.05) is 35.2 Å². The van der Waals surface area contributed by atoms with Crippen molar-refractivity contribution < 1.29 is 22.6 Å². The first-order valence-corrected chi connectivity index (χ1v) is 12.8. The molecule has 0 radical (unpaired) electrons. The highest BCUT2D eigenvalue weighted by molar-refractivity contribution is 7.92. The first-order chi connectivity index (χ1) is 16.3. The van der Waals surface area contributed by atoms with E-state index in [2.05, 4.69) is 39.8 Å². The molecule has 178 valence electrons. The summed E-state index contributed by atoms with van der Waals surface area (Å²) in [5, 5.41) is 0. The summed E-state index contributed by atoms with van der Waals surface area (Å²) in [5.74, 6) is 1.60. The average molecular weight is 482 g/mol. The van der Waals surface area contributed by atoms with Crippen molar-refractivity contribution in [3.8, 4) is 11.5 Å². The lowest BCUT2D eigenvalue weighted by Crippen LogP contribution is -2.32. The molecular formula is C25H27N3O5S. The van der Waals surface area contributed by atoms with Gasteiger partial charge in [-0.1, -0.05) is 25.1 Å². The Hall–Kier alpha value is -3.17. The zero-order valence-electron chi connectivity index (χ0n) is 19.2. The van der Waals surface area contributed by atoms with Crippen LogP contribution in [0.2, 0.25) is 0 Å². The van der Waals surface area contributed by atoms with E-state index < -0.39 is 15.4 Å². The van der Waals surface area contributed by atoms with Gasteiger partial charge in [-0.05, 0) is 37.1 Å². The summed E-state index contributed by atoms with van der Waals surface area (Å²) < 4.78 is 46.2. The van der Waals surface area contributed by atoms with Crippen LogP contribution in [0.25, 0.3) is 0 Å². The van der Waals surface area contributed by atoms with Crippen LogP contribution in [0.15, 0.2) is 59.9 Å². The molecule has 8 nitrogen and oxygen atoms in total. The molecule has 1 N–H and O–H groups in total. The number of anilines is 1. The lowest BCUT2D eigenvalue weighted by atomic mass is 9.72. The van der Waals surface area contributed by atoms with Crippen LogP contribution in [0.3, 0.4) is 0 Å². The Balaban J connectivity index is 1.51. The fraction of sp³-hybridized carbons (Fsp3) is 0.360. The zero-order chi connectivity index (χ0) is 23.8. The number of sulfonamides is 1. The number of rotatable bonds is 6. The fourth-order valence-electron chi connectivity index (χ4n) is 4.54. The maximum atomic E-state index is 12.9. The Kier molecular flexibility index (Phi) is 5.91. The third-order valence-corrected chi connectivity index (χ3v) is 7.80. The largest absolute Gasteiger partial charge is 0.493 e. The number of aryl methyl sites for hydroxylation is 1. The molecule has 1 aromatic heterocycles. The first kappa shape index (κ1) is 22.6. The second-order valence-corrected chi connectivity index (χ2v) is 10.6. The highest BCUT2D eigenvalue weighted by atomic mass is 32.2. The van der Waals surface area contributed by atoms with Crippen molar-refractivity contribution >= 4 is 15.8 Å². The Labute approximate surface area is 199 Å². The van der Waals surface area contributed by atoms with Crippen molar-refractivity contribution in [2.45, 2.75) is 43.1 Å². The van der Waals surface area contributed by atoms with Crippen LogP contribution < -0.4 is 14.2 Å². The molecule has 0 aliphatic carbocycles. The maximum Gasteiger partial charge on any atom is 0.263 e. The SMILES string of the molecule is Cc1ccc([C@]2(C)CCOc3cc(S(=O)(=O)Nc4ccncn4)ccc32)c(O[C@H]2CCOC2)c1. The van der Waals surface area contributed by atoms with Gasteiger partial charge in [0.15, 0.2) is 0 Å². The Bertz CT molecular complexity index is 1290. The molecule has 9 heteroatoms. The van der Waals surface area contributed by atoms with Crippen molar-refractivity contribution in [3.05, 3.63) is 71.7 Å². The predicted molar refractivity (Wildman–Crippen MR) is 127 cm³/mol. The maximum absolute atomic E-state index is 12.9. The van der Waals surface area contributed by atoms with Crippen molar-refractivity contribution in [2.75, 3.05) is 24.5 Å². The molecule has 2 aliphatic heterocycles. The second kappa shape index (κ2) is 8.88. The predicted octanol–water partition coefficient (Wildman–Crippen LogP) is 3.84. The van der Waals surface area contributed by atoms with E-state index in [0.29, 0.717) is 25.6 Å². The van der Waals surface area contributed by atoms with E-state index in [-0.39, 0.29) is 16.8 Å². The van der Waals surface area contributed by atoms with Crippen molar-refractivity contribution in [3.63, 3.8) is 0 Å². The van der Waals surface area contributed by atoms with Crippen molar-refractivity contribution in [1.82, 2.24) is 9.97 Å². The number of nitrogens with zero attached hydrogens (tertiary/aromatic N) is 2. The molecule has 2 aromatic carbocycles. The zero-order valence-corrected chi connectivity index (χ0v) is 20.0. The molecule has 0 amide bonds. The van der Waals surface area contributed by atoms with Gasteiger partial charge >= 0.3 is 0 Å². The van der Waals surface area contributed by atoms with Gasteiger partial charge in [-0.15, -0.1) is 0 Å². The smallest absolute Gasteiger partial charge is 0.263 e. The number of hydrogen-bond acceptors (Lipinski definition) is 7. The van der Waals surface area contributed by atoms with E-state index in [1.807, 2.05) is 13.0 Å². The van der Waals surface area contributed by atoms with E-state index in [1.165, 1.54) is 18.6 Å². The van der Waals surface area contributed by atoms with E-state index >= 15 is 0 Å². The van der Waals surface area contributed by atoms with Crippen LogP contribution in [0.5, 0.6) is 11.5 Å². The quantitative estimate of drug-likeness (QED) is 0.571. The highest BCUT2D eigenvalue weighted by Gasteiger charge is 2.38. The molecule has 2 aliphatic rings. The van der Waals surface area contributed by atoms with Gasteiger partial charge in [0.2, 0.25) is 0 Å². The van der Waals surface area contributed by atoms with Crippen LogP contribution in [-0.2, 0) is 20.2 Å². The van der Waals surface area contributed by atoms with Gasteiger partial charge in [-0.3, -0.25) is 4.72 Å². The van der Waals surface area contributed by atoms with E-state index in [9.17, 15) is 8.42 Å². The molecule has 1 saturated heterocycles. The van der Waals surface area contributed by atoms with E-state index in [4.69, 9.17) is 14.2 Å². The molecule has 34 heavy (non-hydrogen) atoms. The van der Waals surface area contributed by atoms with Gasteiger partial charge in [0.1, 0.15) is 29.7 Å². The van der Waals surface area contributed by atoms with Crippen LogP contribution in [0.1, 0.15) is 36.5 Å². The molecule has 0 unspecified atom stereocenters. The monoisotopic (exact) mass is 481 g/mol. The van der Waals surface area contributed by atoms with Gasteiger partial charge in [-0.25, -0.2) is 18.4 Å². The lowest BCUT2D eigenvalue weighted by Gasteiger charge is -2.37.